The number of nitrogens with zero attached hydrogens (tertiary/aromatic N) is 1. The number of hydrogen-bond acceptors (Lipinski definition) is 4. The zero-order valence-electron chi connectivity index (χ0n) is 9.87. The lowest BCUT2D eigenvalue weighted by atomic mass is 10.1. The van der Waals surface area contributed by atoms with E-state index in [0.717, 1.165) is 21.3 Å². The minimum absolute atomic E-state index is 0.600. The molecule has 0 bridgehead atoms. The number of hydrogen-bond donors (Lipinski definition) is 1. The Labute approximate surface area is 109 Å². The smallest absolute Gasteiger partial charge is 0.183 e. The largest absolute Gasteiger partial charge is 0.495 e. The van der Waals surface area contributed by atoms with Gasteiger partial charge in [0.2, 0.25) is 0 Å². The number of aromatic nitrogens is 1. The minimum atomic E-state index is 0.600. The summed E-state index contributed by atoms with van der Waals surface area (Å²) in [6, 6.07) is 5.70. The van der Waals surface area contributed by atoms with E-state index in [1.807, 2.05) is 32.2 Å². The van der Waals surface area contributed by atoms with Crippen molar-refractivity contribution in [2.24, 2.45) is 0 Å². The van der Waals surface area contributed by atoms with Gasteiger partial charge in [-0.05, 0) is 25.1 Å². The molecule has 17 heavy (non-hydrogen) atoms. The Kier molecular flexibility index (Phi) is 3.54. The molecule has 90 valence electrons. The van der Waals surface area contributed by atoms with Crippen LogP contribution in [0.15, 0.2) is 18.2 Å². The lowest BCUT2D eigenvalue weighted by molar-refractivity contribution is 0.415. The van der Waals surface area contributed by atoms with Crippen LogP contribution in [-0.4, -0.2) is 19.1 Å². The highest BCUT2D eigenvalue weighted by Crippen LogP contribution is 2.34. The van der Waals surface area contributed by atoms with Crippen molar-refractivity contribution in [3.8, 4) is 17.0 Å². The van der Waals surface area contributed by atoms with E-state index in [4.69, 9.17) is 16.3 Å². The summed E-state index contributed by atoms with van der Waals surface area (Å²) in [5.74, 6) is 0.678. The van der Waals surface area contributed by atoms with Gasteiger partial charge in [0.1, 0.15) is 5.75 Å². The maximum atomic E-state index is 6.11. The Hall–Kier alpha value is -1.26. The Morgan fingerprint density at radius 3 is 2.71 bits per heavy atom. The van der Waals surface area contributed by atoms with Gasteiger partial charge in [-0.1, -0.05) is 11.6 Å². The van der Waals surface area contributed by atoms with Crippen molar-refractivity contribution in [2.75, 3.05) is 19.5 Å². The van der Waals surface area contributed by atoms with Crippen molar-refractivity contribution in [3.05, 3.63) is 28.1 Å². The monoisotopic (exact) mass is 268 g/mol. The lowest BCUT2D eigenvalue weighted by Crippen LogP contribution is -1.88. The number of anilines is 1. The molecule has 0 atom stereocenters. The van der Waals surface area contributed by atoms with Gasteiger partial charge in [0, 0.05) is 17.5 Å². The molecule has 1 heterocycles. The molecule has 0 aliphatic carbocycles. The zero-order chi connectivity index (χ0) is 12.4. The average Bonchev–Trinajstić information content (AvgIpc) is 2.70. The van der Waals surface area contributed by atoms with Crippen LogP contribution in [0.2, 0.25) is 5.02 Å². The molecule has 0 radical (unpaired) electrons. The average molecular weight is 269 g/mol. The molecule has 2 rings (SSSR count). The molecule has 0 fully saturated rings. The van der Waals surface area contributed by atoms with Crippen molar-refractivity contribution >= 4 is 28.1 Å². The molecular weight excluding hydrogens is 256 g/mol. The number of nitrogens with one attached hydrogen (secondary N) is 1. The van der Waals surface area contributed by atoms with Crippen LogP contribution in [0.4, 0.5) is 5.13 Å². The summed E-state index contributed by atoms with van der Waals surface area (Å²) in [4.78, 5) is 5.67. The molecule has 5 heteroatoms. The third-order valence-electron chi connectivity index (χ3n) is 2.44. The fraction of sp³-hybridized carbons (Fsp3) is 0.250. The fourth-order valence-electron chi connectivity index (χ4n) is 1.58. The summed E-state index contributed by atoms with van der Waals surface area (Å²) in [6.45, 7) is 2.05. The molecule has 0 aliphatic rings. The Morgan fingerprint density at radius 1 is 1.41 bits per heavy atom. The van der Waals surface area contributed by atoms with Gasteiger partial charge in [-0.15, -0.1) is 11.3 Å². The summed E-state index contributed by atoms with van der Waals surface area (Å²) in [7, 11) is 3.47. The van der Waals surface area contributed by atoms with Crippen LogP contribution < -0.4 is 10.1 Å². The van der Waals surface area contributed by atoms with Crippen molar-refractivity contribution in [1.29, 1.82) is 0 Å². The molecule has 1 aromatic carbocycles. The predicted octanol–water partition coefficient (Wildman–Crippen LogP) is 3.82. The third kappa shape index (κ3) is 2.37. The van der Waals surface area contributed by atoms with Gasteiger partial charge in [0.15, 0.2) is 5.13 Å². The van der Waals surface area contributed by atoms with Gasteiger partial charge < -0.3 is 10.1 Å². The molecule has 0 saturated heterocycles. The molecule has 3 nitrogen and oxygen atoms in total. The number of rotatable bonds is 3. The zero-order valence-corrected chi connectivity index (χ0v) is 11.4. The second-order valence-corrected chi connectivity index (χ2v) is 5.13. The number of thiazole rings is 1. The topological polar surface area (TPSA) is 34.2 Å². The van der Waals surface area contributed by atoms with E-state index in [9.17, 15) is 0 Å². The highest BCUT2D eigenvalue weighted by molar-refractivity contribution is 7.15. The van der Waals surface area contributed by atoms with Crippen LogP contribution in [0.3, 0.4) is 0 Å². The SMILES string of the molecule is CNc1nc(-c2ccc(OC)c(Cl)c2)c(C)s1. The normalized spacial score (nSPS) is 10.4. The van der Waals surface area contributed by atoms with Crippen molar-refractivity contribution in [1.82, 2.24) is 4.98 Å². The molecule has 2 aromatic rings. The van der Waals surface area contributed by atoms with Crippen molar-refractivity contribution in [2.45, 2.75) is 6.92 Å². The van der Waals surface area contributed by atoms with E-state index in [2.05, 4.69) is 10.3 Å². The van der Waals surface area contributed by atoms with Crippen molar-refractivity contribution in [3.63, 3.8) is 0 Å². The van der Waals surface area contributed by atoms with Crippen molar-refractivity contribution < 1.29 is 4.74 Å². The molecule has 0 saturated carbocycles. The van der Waals surface area contributed by atoms with Gasteiger partial charge in [0.25, 0.3) is 0 Å². The summed E-state index contributed by atoms with van der Waals surface area (Å²) in [5.41, 5.74) is 1.97. The van der Waals surface area contributed by atoms with E-state index in [1.54, 1.807) is 18.4 Å². The van der Waals surface area contributed by atoms with Crippen LogP contribution in [0.25, 0.3) is 11.3 Å². The molecule has 0 aliphatic heterocycles. The molecular formula is C12H13ClN2OS. The van der Waals surface area contributed by atoms with E-state index in [-0.39, 0.29) is 0 Å². The van der Waals surface area contributed by atoms with Crippen LogP contribution in [-0.2, 0) is 0 Å². The molecule has 1 aromatic heterocycles. The number of halogens is 1. The number of ether oxygens (including phenoxy) is 1. The van der Waals surface area contributed by atoms with E-state index < -0.39 is 0 Å². The van der Waals surface area contributed by atoms with Gasteiger partial charge in [0.05, 0.1) is 17.8 Å². The second-order valence-electron chi connectivity index (χ2n) is 3.52. The first-order valence-electron chi connectivity index (χ1n) is 5.14. The first kappa shape index (κ1) is 12.2. The van der Waals surface area contributed by atoms with E-state index in [1.165, 1.54) is 0 Å². The first-order valence-corrected chi connectivity index (χ1v) is 6.34. The molecule has 0 spiro atoms. The van der Waals surface area contributed by atoms with Crippen LogP contribution in [0.1, 0.15) is 4.88 Å². The summed E-state index contributed by atoms with van der Waals surface area (Å²) < 4.78 is 5.13. The fourth-order valence-corrected chi connectivity index (χ4v) is 2.63. The number of benzene rings is 1. The number of methoxy groups -OCH3 is 1. The van der Waals surface area contributed by atoms with Crippen LogP contribution >= 0.6 is 22.9 Å². The maximum Gasteiger partial charge on any atom is 0.183 e. The van der Waals surface area contributed by atoms with Crippen LogP contribution in [0.5, 0.6) is 5.75 Å². The minimum Gasteiger partial charge on any atom is -0.495 e. The molecule has 0 amide bonds. The van der Waals surface area contributed by atoms with Gasteiger partial charge >= 0.3 is 0 Å². The Bertz CT molecular complexity index is 539. The first-order chi connectivity index (χ1) is 8.15. The van der Waals surface area contributed by atoms with Gasteiger partial charge in [-0.25, -0.2) is 4.98 Å². The molecule has 0 unspecified atom stereocenters. The van der Waals surface area contributed by atoms with Crippen LogP contribution in [0, 0.1) is 6.92 Å². The Balaban J connectivity index is 2.45. The highest BCUT2D eigenvalue weighted by atomic mass is 35.5. The quantitative estimate of drug-likeness (QED) is 0.919. The number of aryl methyl sites for hydroxylation is 1. The van der Waals surface area contributed by atoms with Gasteiger partial charge in [-0.2, -0.15) is 0 Å². The maximum absolute atomic E-state index is 6.11. The van der Waals surface area contributed by atoms with Gasteiger partial charge in [-0.3, -0.25) is 0 Å². The highest BCUT2D eigenvalue weighted by Gasteiger charge is 2.10. The summed E-state index contributed by atoms with van der Waals surface area (Å²) in [6.07, 6.45) is 0. The van der Waals surface area contributed by atoms with E-state index in [0.29, 0.717) is 10.8 Å². The third-order valence-corrected chi connectivity index (χ3v) is 3.72. The summed E-state index contributed by atoms with van der Waals surface area (Å²) >= 11 is 7.74. The Morgan fingerprint density at radius 2 is 2.18 bits per heavy atom. The van der Waals surface area contributed by atoms with E-state index >= 15 is 0 Å². The molecule has 1 N–H and O–H groups in total. The second kappa shape index (κ2) is 4.94. The lowest BCUT2D eigenvalue weighted by Gasteiger charge is -2.04. The predicted molar refractivity (Wildman–Crippen MR) is 73.4 cm³/mol. The summed E-state index contributed by atoms with van der Waals surface area (Å²) in [5, 5.41) is 4.55. The standard InChI is InChI=1S/C12H13ClN2OS/c1-7-11(15-12(14-2)17-7)8-4-5-10(16-3)9(13)6-8/h4-6H,1-3H3,(H,14,15).